The number of hydrogen-bond acceptors (Lipinski definition) is 3. The van der Waals surface area contributed by atoms with Crippen LogP contribution in [0.2, 0.25) is 0 Å². The van der Waals surface area contributed by atoms with Crippen LogP contribution in [0, 0.1) is 13.8 Å². The number of aryl methyl sites for hydroxylation is 2. The van der Waals surface area contributed by atoms with E-state index in [1.54, 1.807) is 7.05 Å². The topological polar surface area (TPSA) is 55.2 Å². The average molecular weight is 465 g/mol. The molecule has 1 aliphatic carbocycles. The first kappa shape index (κ1) is 19.7. The molecule has 0 aliphatic heterocycles. The SMILES string of the molecule is Cc1nn(C)c(C)c1N(C(F)F)S(=O)(=O)C1C(Cl)=CC(Br)=CC1Cl. The zero-order valence-electron chi connectivity index (χ0n) is 12.8. The lowest BCUT2D eigenvalue weighted by Gasteiger charge is -2.31. The van der Waals surface area contributed by atoms with E-state index >= 15 is 0 Å². The molecule has 134 valence electrons. The van der Waals surface area contributed by atoms with E-state index in [4.69, 9.17) is 23.2 Å². The summed E-state index contributed by atoms with van der Waals surface area (Å²) in [6.45, 7) is -0.341. The molecule has 2 atom stereocenters. The largest absolute Gasteiger partial charge is 0.328 e. The summed E-state index contributed by atoms with van der Waals surface area (Å²) in [6, 6.07) is 0. The molecule has 0 fully saturated rings. The molecular formula is C13H14BrCl2F2N3O2S. The van der Waals surface area contributed by atoms with Gasteiger partial charge in [-0.3, -0.25) is 4.68 Å². The lowest BCUT2D eigenvalue weighted by Crippen LogP contribution is -2.46. The van der Waals surface area contributed by atoms with Crippen LogP contribution in [0.3, 0.4) is 0 Å². The number of rotatable bonds is 4. The van der Waals surface area contributed by atoms with E-state index in [2.05, 4.69) is 21.0 Å². The van der Waals surface area contributed by atoms with Gasteiger partial charge in [0, 0.05) is 16.6 Å². The molecule has 1 heterocycles. The predicted octanol–water partition coefficient (Wildman–Crippen LogP) is 3.79. The van der Waals surface area contributed by atoms with Crippen molar-refractivity contribution in [2.75, 3.05) is 4.31 Å². The van der Waals surface area contributed by atoms with Gasteiger partial charge in [-0.15, -0.1) is 11.6 Å². The van der Waals surface area contributed by atoms with Crippen LogP contribution in [-0.2, 0) is 17.1 Å². The fourth-order valence-corrected chi connectivity index (χ4v) is 6.38. The first-order valence-electron chi connectivity index (χ1n) is 6.68. The molecule has 1 aliphatic rings. The Morgan fingerprint density at radius 3 is 2.42 bits per heavy atom. The summed E-state index contributed by atoms with van der Waals surface area (Å²) in [5.74, 6) is 0. The van der Waals surface area contributed by atoms with Crippen molar-refractivity contribution in [1.29, 1.82) is 0 Å². The molecule has 1 aromatic rings. The number of alkyl halides is 3. The fraction of sp³-hybridized carbons (Fsp3) is 0.462. The van der Waals surface area contributed by atoms with Gasteiger partial charge in [-0.25, -0.2) is 12.7 Å². The highest BCUT2D eigenvalue weighted by molar-refractivity contribution is 9.11. The van der Waals surface area contributed by atoms with Crippen LogP contribution >= 0.6 is 39.1 Å². The number of nitrogens with zero attached hydrogens (tertiary/aromatic N) is 3. The second-order valence-corrected chi connectivity index (χ2v) is 8.99. The average Bonchev–Trinajstić information content (AvgIpc) is 2.63. The van der Waals surface area contributed by atoms with Crippen LogP contribution in [0.5, 0.6) is 0 Å². The molecule has 11 heteroatoms. The minimum Gasteiger partial charge on any atom is -0.270 e. The molecule has 0 N–H and O–H groups in total. The highest BCUT2D eigenvalue weighted by Gasteiger charge is 2.45. The van der Waals surface area contributed by atoms with Gasteiger partial charge in [-0.05, 0) is 19.9 Å². The molecule has 2 unspecified atom stereocenters. The molecule has 0 spiro atoms. The Morgan fingerprint density at radius 2 is 2.00 bits per heavy atom. The van der Waals surface area contributed by atoms with Crippen molar-refractivity contribution in [3.63, 3.8) is 0 Å². The van der Waals surface area contributed by atoms with Crippen LogP contribution in [0.4, 0.5) is 14.5 Å². The maximum absolute atomic E-state index is 13.7. The molecule has 5 nitrogen and oxygen atoms in total. The maximum atomic E-state index is 13.7. The summed E-state index contributed by atoms with van der Waals surface area (Å²) in [7, 11) is -3.06. The molecular weight excluding hydrogens is 451 g/mol. The number of allylic oxidation sites excluding steroid dienone is 3. The van der Waals surface area contributed by atoms with Crippen molar-refractivity contribution in [2.45, 2.75) is 31.0 Å². The molecule has 0 aromatic carbocycles. The van der Waals surface area contributed by atoms with Gasteiger partial charge < -0.3 is 0 Å². The number of hydrogen-bond donors (Lipinski definition) is 0. The smallest absolute Gasteiger partial charge is 0.270 e. The van der Waals surface area contributed by atoms with Crippen LogP contribution in [-0.4, -0.2) is 35.4 Å². The van der Waals surface area contributed by atoms with Crippen molar-refractivity contribution in [3.8, 4) is 0 Å². The Balaban J connectivity index is 2.62. The first-order valence-corrected chi connectivity index (χ1v) is 9.79. The molecule has 24 heavy (non-hydrogen) atoms. The van der Waals surface area contributed by atoms with Gasteiger partial charge in [0.05, 0.1) is 16.8 Å². The van der Waals surface area contributed by atoms with Crippen LogP contribution in [0.1, 0.15) is 11.4 Å². The zero-order valence-corrected chi connectivity index (χ0v) is 16.8. The third-order valence-electron chi connectivity index (χ3n) is 3.62. The predicted molar refractivity (Wildman–Crippen MR) is 94.5 cm³/mol. The van der Waals surface area contributed by atoms with Gasteiger partial charge >= 0.3 is 6.55 Å². The van der Waals surface area contributed by atoms with E-state index in [1.807, 2.05) is 0 Å². The number of sulfonamides is 1. The van der Waals surface area contributed by atoms with Crippen molar-refractivity contribution < 1.29 is 17.2 Å². The van der Waals surface area contributed by atoms with Gasteiger partial charge in [0.15, 0.2) is 0 Å². The molecule has 2 rings (SSSR count). The van der Waals surface area contributed by atoms with Crippen molar-refractivity contribution >= 4 is 54.8 Å². The summed E-state index contributed by atoms with van der Waals surface area (Å²) in [4.78, 5) is 0. The molecule has 0 saturated heterocycles. The standard InChI is InChI=1S/C13H14BrCl2F2N3O2S/c1-6-11(7(2)20(3)19-6)21(13(17)18)24(22,23)12-9(15)4-8(14)5-10(12)16/h4-5,9,12-13H,1-3H3. The third kappa shape index (κ3) is 3.36. The highest BCUT2D eigenvalue weighted by Crippen LogP contribution is 2.38. The minimum absolute atomic E-state index is 0.0496. The van der Waals surface area contributed by atoms with E-state index < -0.39 is 27.2 Å². The van der Waals surface area contributed by atoms with Crippen LogP contribution in [0.25, 0.3) is 0 Å². The lowest BCUT2D eigenvalue weighted by atomic mass is 10.2. The van der Waals surface area contributed by atoms with Crippen molar-refractivity contribution in [2.24, 2.45) is 7.05 Å². The monoisotopic (exact) mass is 463 g/mol. The third-order valence-corrected chi connectivity index (χ3v) is 7.19. The number of aromatic nitrogens is 2. The van der Waals surface area contributed by atoms with Crippen molar-refractivity contribution in [1.82, 2.24) is 9.78 Å². The van der Waals surface area contributed by atoms with E-state index in [0.29, 0.717) is 4.48 Å². The first-order chi connectivity index (χ1) is 11.0. The van der Waals surface area contributed by atoms with Gasteiger partial charge in [0.2, 0.25) is 10.0 Å². The summed E-state index contributed by atoms with van der Waals surface area (Å²) < 4.78 is 55.1. The summed E-state index contributed by atoms with van der Waals surface area (Å²) in [5.41, 5.74) is 0.280. The lowest BCUT2D eigenvalue weighted by molar-refractivity contribution is 0.161. The quantitative estimate of drug-likeness (QED) is 0.503. The molecule has 0 amide bonds. The Hall–Kier alpha value is -0.640. The Morgan fingerprint density at radius 1 is 1.42 bits per heavy atom. The fourth-order valence-electron chi connectivity index (χ4n) is 2.50. The maximum Gasteiger partial charge on any atom is 0.328 e. The van der Waals surface area contributed by atoms with E-state index in [-0.39, 0.29) is 26.4 Å². The molecule has 0 bridgehead atoms. The van der Waals surface area contributed by atoms with Crippen molar-refractivity contribution in [3.05, 3.63) is 33.1 Å². The number of halogens is 5. The van der Waals surface area contributed by atoms with Gasteiger partial charge in [0.25, 0.3) is 0 Å². The van der Waals surface area contributed by atoms with Crippen LogP contribution < -0.4 is 4.31 Å². The summed E-state index contributed by atoms with van der Waals surface area (Å²) in [5, 5.41) is 1.24. The molecule has 0 radical (unpaired) electrons. The van der Waals surface area contributed by atoms with E-state index in [9.17, 15) is 17.2 Å². The van der Waals surface area contributed by atoms with Gasteiger partial charge in [0.1, 0.15) is 10.9 Å². The second-order valence-electron chi connectivity index (χ2n) is 5.21. The minimum atomic E-state index is -4.60. The zero-order chi connectivity index (χ0) is 18.4. The van der Waals surface area contributed by atoms with E-state index in [1.165, 1.54) is 30.7 Å². The second kappa shape index (κ2) is 6.93. The molecule has 1 aromatic heterocycles. The normalized spacial score (nSPS) is 21.7. The Bertz CT molecular complexity index is 823. The summed E-state index contributed by atoms with van der Waals surface area (Å²) >= 11 is 15.2. The highest BCUT2D eigenvalue weighted by atomic mass is 79.9. The van der Waals surface area contributed by atoms with E-state index in [0.717, 1.165) is 0 Å². The summed E-state index contributed by atoms with van der Waals surface area (Å²) in [6.07, 6.45) is 2.72. The Kier molecular flexibility index (Phi) is 5.69. The number of anilines is 1. The Labute approximate surface area is 157 Å². The van der Waals surface area contributed by atoms with Crippen LogP contribution in [0.15, 0.2) is 21.7 Å². The van der Waals surface area contributed by atoms with Gasteiger partial charge in [-0.2, -0.15) is 13.9 Å². The van der Waals surface area contributed by atoms with Gasteiger partial charge in [-0.1, -0.05) is 33.6 Å². The molecule has 0 saturated carbocycles.